The molecule has 94 valence electrons. The summed E-state index contributed by atoms with van der Waals surface area (Å²) in [6.07, 6.45) is -4.36. The Morgan fingerprint density at radius 3 is 2.35 bits per heavy atom. The van der Waals surface area contributed by atoms with Crippen LogP contribution in [0.15, 0.2) is 24.3 Å². The highest BCUT2D eigenvalue weighted by molar-refractivity contribution is 5.77. The van der Waals surface area contributed by atoms with Gasteiger partial charge >= 0.3 is 6.18 Å². The number of carbonyl (C=O) groups excluding carboxylic acids is 1. The standard InChI is InChI=1S/C11H12F3NO2/c1-2-15-10(16)7-17-9-5-3-8(4-6-9)11(12,13)14/h3-6H,2,7H2,1H3,(H,15,16). The van der Waals surface area contributed by atoms with E-state index in [1.165, 1.54) is 12.1 Å². The summed E-state index contributed by atoms with van der Waals surface area (Å²) in [5.41, 5.74) is -0.747. The second-order valence-electron chi connectivity index (χ2n) is 3.26. The number of halogens is 3. The van der Waals surface area contributed by atoms with Crippen LogP contribution in [0.5, 0.6) is 5.75 Å². The van der Waals surface area contributed by atoms with E-state index >= 15 is 0 Å². The molecule has 0 aliphatic heterocycles. The van der Waals surface area contributed by atoms with E-state index in [4.69, 9.17) is 4.74 Å². The number of hydrogen-bond donors (Lipinski definition) is 1. The van der Waals surface area contributed by atoms with Gasteiger partial charge in [-0.05, 0) is 31.2 Å². The molecule has 17 heavy (non-hydrogen) atoms. The Morgan fingerprint density at radius 1 is 1.29 bits per heavy atom. The zero-order valence-corrected chi connectivity index (χ0v) is 9.17. The monoisotopic (exact) mass is 247 g/mol. The largest absolute Gasteiger partial charge is 0.484 e. The third-order valence-electron chi connectivity index (χ3n) is 1.93. The smallest absolute Gasteiger partial charge is 0.416 e. The predicted molar refractivity (Wildman–Crippen MR) is 55.6 cm³/mol. The van der Waals surface area contributed by atoms with Crippen molar-refractivity contribution in [1.82, 2.24) is 5.32 Å². The molecular formula is C11H12F3NO2. The molecule has 3 nitrogen and oxygen atoms in total. The normalized spacial score (nSPS) is 11.1. The molecule has 0 saturated heterocycles. The maximum atomic E-state index is 12.2. The lowest BCUT2D eigenvalue weighted by Gasteiger charge is -2.08. The van der Waals surface area contributed by atoms with Crippen molar-refractivity contribution in [2.24, 2.45) is 0 Å². The van der Waals surface area contributed by atoms with E-state index in [2.05, 4.69) is 5.32 Å². The first-order chi connectivity index (χ1) is 7.93. The van der Waals surface area contributed by atoms with Crippen LogP contribution in [0.2, 0.25) is 0 Å². The molecule has 6 heteroatoms. The summed E-state index contributed by atoms with van der Waals surface area (Å²) < 4.78 is 41.7. The van der Waals surface area contributed by atoms with E-state index in [0.717, 1.165) is 12.1 Å². The molecule has 0 aromatic heterocycles. The summed E-state index contributed by atoms with van der Waals surface area (Å²) in [7, 11) is 0. The summed E-state index contributed by atoms with van der Waals surface area (Å²) in [6, 6.07) is 4.18. The highest BCUT2D eigenvalue weighted by Gasteiger charge is 2.29. The minimum Gasteiger partial charge on any atom is -0.484 e. The molecule has 0 heterocycles. The zero-order chi connectivity index (χ0) is 12.9. The Labute approximate surface area is 96.6 Å². The van der Waals surface area contributed by atoms with Gasteiger partial charge in [-0.15, -0.1) is 0 Å². The summed E-state index contributed by atoms with van der Waals surface area (Å²) in [6.45, 7) is 2.03. The van der Waals surface area contributed by atoms with Crippen LogP contribution in [-0.2, 0) is 11.0 Å². The number of likely N-dealkylation sites (N-methyl/N-ethyl adjacent to an activating group) is 1. The van der Waals surface area contributed by atoms with Gasteiger partial charge in [-0.2, -0.15) is 13.2 Å². The summed E-state index contributed by atoms with van der Waals surface area (Å²) in [5.74, 6) is -0.0864. The third kappa shape index (κ3) is 4.34. The van der Waals surface area contributed by atoms with Crippen LogP contribution in [0.25, 0.3) is 0 Å². The Morgan fingerprint density at radius 2 is 1.88 bits per heavy atom. The van der Waals surface area contributed by atoms with E-state index in [9.17, 15) is 18.0 Å². The highest BCUT2D eigenvalue weighted by atomic mass is 19.4. The lowest BCUT2D eigenvalue weighted by atomic mass is 10.2. The van der Waals surface area contributed by atoms with Crippen molar-refractivity contribution < 1.29 is 22.7 Å². The van der Waals surface area contributed by atoms with Gasteiger partial charge in [-0.25, -0.2) is 0 Å². The molecular weight excluding hydrogens is 235 g/mol. The molecule has 0 aliphatic rings. The maximum Gasteiger partial charge on any atom is 0.416 e. The first kappa shape index (κ1) is 13.3. The van der Waals surface area contributed by atoms with Gasteiger partial charge in [-0.1, -0.05) is 0 Å². The van der Waals surface area contributed by atoms with Crippen molar-refractivity contribution in [2.45, 2.75) is 13.1 Å². The number of hydrogen-bond acceptors (Lipinski definition) is 2. The molecule has 0 unspecified atom stereocenters. The Balaban J connectivity index is 2.54. The van der Waals surface area contributed by atoms with Crippen LogP contribution < -0.4 is 10.1 Å². The fourth-order valence-corrected chi connectivity index (χ4v) is 1.14. The molecule has 1 rings (SSSR count). The van der Waals surface area contributed by atoms with E-state index < -0.39 is 11.7 Å². The van der Waals surface area contributed by atoms with Crippen molar-refractivity contribution in [3.63, 3.8) is 0 Å². The fraction of sp³-hybridized carbons (Fsp3) is 0.364. The van der Waals surface area contributed by atoms with Crippen LogP contribution in [0.1, 0.15) is 12.5 Å². The van der Waals surface area contributed by atoms with Crippen LogP contribution in [0.3, 0.4) is 0 Å². The Hall–Kier alpha value is -1.72. The molecule has 0 atom stereocenters. The van der Waals surface area contributed by atoms with Crippen LogP contribution in [0.4, 0.5) is 13.2 Å². The molecule has 0 saturated carbocycles. The minimum atomic E-state index is -4.36. The van der Waals surface area contributed by atoms with Crippen LogP contribution in [0, 0.1) is 0 Å². The molecule has 1 amide bonds. The van der Waals surface area contributed by atoms with Gasteiger partial charge in [0.25, 0.3) is 5.91 Å². The maximum absolute atomic E-state index is 12.2. The summed E-state index contributed by atoms with van der Waals surface area (Å²) >= 11 is 0. The molecule has 1 aromatic rings. The predicted octanol–water partition coefficient (Wildman–Crippen LogP) is 2.22. The van der Waals surface area contributed by atoms with Gasteiger partial charge in [0.15, 0.2) is 6.61 Å². The number of benzene rings is 1. The van der Waals surface area contributed by atoms with Crippen LogP contribution >= 0.6 is 0 Å². The van der Waals surface area contributed by atoms with Gasteiger partial charge in [0.2, 0.25) is 0 Å². The molecule has 0 radical (unpaired) electrons. The lowest BCUT2D eigenvalue weighted by Crippen LogP contribution is -2.28. The lowest BCUT2D eigenvalue weighted by molar-refractivity contribution is -0.137. The molecule has 0 fully saturated rings. The van der Waals surface area contributed by atoms with E-state index in [1.54, 1.807) is 6.92 Å². The Kier molecular flexibility index (Phi) is 4.37. The average molecular weight is 247 g/mol. The second kappa shape index (κ2) is 5.56. The third-order valence-corrected chi connectivity index (χ3v) is 1.93. The van der Waals surface area contributed by atoms with Crippen molar-refractivity contribution in [3.8, 4) is 5.75 Å². The summed E-state index contributed by atoms with van der Waals surface area (Å²) in [5, 5.41) is 2.51. The highest BCUT2D eigenvalue weighted by Crippen LogP contribution is 2.30. The second-order valence-corrected chi connectivity index (χ2v) is 3.26. The van der Waals surface area contributed by atoms with E-state index in [-0.39, 0.29) is 18.3 Å². The topological polar surface area (TPSA) is 38.3 Å². The van der Waals surface area contributed by atoms with Crippen LogP contribution in [-0.4, -0.2) is 19.1 Å². The van der Waals surface area contributed by atoms with E-state index in [0.29, 0.717) is 6.54 Å². The quantitative estimate of drug-likeness (QED) is 0.885. The fourth-order valence-electron chi connectivity index (χ4n) is 1.14. The first-order valence-corrected chi connectivity index (χ1v) is 5.00. The number of ether oxygens (including phenoxy) is 1. The molecule has 1 N–H and O–H groups in total. The van der Waals surface area contributed by atoms with E-state index in [1.807, 2.05) is 0 Å². The molecule has 1 aromatic carbocycles. The number of rotatable bonds is 4. The summed E-state index contributed by atoms with van der Waals surface area (Å²) in [4.78, 5) is 11.0. The molecule has 0 spiro atoms. The number of nitrogens with one attached hydrogen (secondary N) is 1. The minimum absolute atomic E-state index is 0.209. The van der Waals surface area contributed by atoms with Gasteiger partial charge < -0.3 is 10.1 Å². The number of amides is 1. The van der Waals surface area contributed by atoms with Crippen molar-refractivity contribution in [1.29, 1.82) is 0 Å². The van der Waals surface area contributed by atoms with Crippen molar-refractivity contribution in [3.05, 3.63) is 29.8 Å². The first-order valence-electron chi connectivity index (χ1n) is 5.00. The average Bonchev–Trinajstić information content (AvgIpc) is 2.26. The SMILES string of the molecule is CCNC(=O)COc1ccc(C(F)(F)F)cc1. The zero-order valence-electron chi connectivity index (χ0n) is 9.17. The van der Waals surface area contributed by atoms with Gasteiger partial charge in [-0.3, -0.25) is 4.79 Å². The van der Waals surface area contributed by atoms with Gasteiger partial charge in [0, 0.05) is 6.54 Å². The Bertz CT molecular complexity index is 373. The van der Waals surface area contributed by atoms with Crippen molar-refractivity contribution in [2.75, 3.05) is 13.2 Å². The number of carbonyl (C=O) groups is 1. The number of alkyl halides is 3. The van der Waals surface area contributed by atoms with Gasteiger partial charge in [0.05, 0.1) is 5.56 Å². The van der Waals surface area contributed by atoms with Gasteiger partial charge in [0.1, 0.15) is 5.75 Å². The van der Waals surface area contributed by atoms with Crippen molar-refractivity contribution >= 4 is 5.91 Å². The molecule has 0 aliphatic carbocycles. The molecule has 0 bridgehead atoms.